The lowest BCUT2D eigenvalue weighted by Gasteiger charge is -2.19. The Kier molecular flexibility index (Phi) is 6.27. The molecule has 7 heteroatoms. The van der Waals surface area contributed by atoms with Crippen LogP contribution in [0.4, 0.5) is 5.82 Å². The third kappa shape index (κ3) is 4.45. The van der Waals surface area contributed by atoms with E-state index in [0.29, 0.717) is 22.2 Å². The fraction of sp³-hybridized carbons (Fsp3) is 0.185. The van der Waals surface area contributed by atoms with Gasteiger partial charge < -0.3 is 14.6 Å². The van der Waals surface area contributed by atoms with E-state index in [4.69, 9.17) is 4.74 Å². The molecular formula is C27H25N3O4. The van der Waals surface area contributed by atoms with E-state index in [0.717, 1.165) is 16.7 Å². The summed E-state index contributed by atoms with van der Waals surface area (Å²) in [5, 5.41) is 3.77. The number of benzene rings is 2. The molecule has 172 valence electrons. The molecule has 0 saturated carbocycles. The van der Waals surface area contributed by atoms with Crippen LogP contribution in [0.1, 0.15) is 28.5 Å². The molecule has 0 spiro atoms. The highest BCUT2D eigenvalue weighted by molar-refractivity contribution is 6.07. The lowest BCUT2D eigenvalue weighted by atomic mass is 9.96. The van der Waals surface area contributed by atoms with E-state index >= 15 is 0 Å². The van der Waals surface area contributed by atoms with Crippen LogP contribution in [0.25, 0.3) is 21.9 Å². The molecule has 4 rings (SSSR count). The maximum absolute atomic E-state index is 13.4. The molecule has 0 aliphatic heterocycles. The van der Waals surface area contributed by atoms with Crippen LogP contribution in [0, 0.1) is 13.8 Å². The van der Waals surface area contributed by atoms with Crippen LogP contribution in [0.3, 0.4) is 0 Å². The highest BCUT2D eigenvalue weighted by Crippen LogP contribution is 2.31. The minimum Gasteiger partial charge on any atom is -0.448 e. The number of amides is 1. The van der Waals surface area contributed by atoms with E-state index in [1.807, 2.05) is 56.3 Å². The second kappa shape index (κ2) is 9.31. The van der Waals surface area contributed by atoms with Gasteiger partial charge in [-0.05, 0) is 49.4 Å². The van der Waals surface area contributed by atoms with Gasteiger partial charge in [-0.2, -0.15) is 0 Å². The highest BCUT2D eigenvalue weighted by atomic mass is 16.5. The lowest BCUT2D eigenvalue weighted by molar-refractivity contribution is -0.123. The van der Waals surface area contributed by atoms with Gasteiger partial charge >= 0.3 is 5.97 Å². The van der Waals surface area contributed by atoms with Crippen molar-refractivity contribution in [2.45, 2.75) is 26.9 Å². The third-order valence-corrected chi connectivity index (χ3v) is 5.65. The molecule has 1 N–H and O–H groups in total. The Bertz CT molecular complexity index is 1440. The van der Waals surface area contributed by atoms with Gasteiger partial charge in [0.15, 0.2) is 6.10 Å². The molecule has 2 aromatic carbocycles. The first kappa shape index (κ1) is 22.9. The maximum Gasteiger partial charge on any atom is 0.356 e. The van der Waals surface area contributed by atoms with Crippen molar-refractivity contribution in [2.75, 3.05) is 5.32 Å². The number of carbonyl (C=O) groups excluding carboxylic acids is 2. The van der Waals surface area contributed by atoms with Crippen LogP contribution in [0.5, 0.6) is 0 Å². The number of carbonyl (C=O) groups is 2. The van der Waals surface area contributed by atoms with E-state index in [9.17, 15) is 14.4 Å². The molecule has 0 aliphatic rings. The van der Waals surface area contributed by atoms with Crippen LogP contribution < -0.4 is 10.9 Å². The van der Waals surface area contributed by atoms with Crippen LogP contribution in [-0.2, 0) is 16.6 Å². The number of ether oxygens (including phenoxy) is 1. The second-order valence-corrected chi connectivity index (χ2v) is 8.26. The summed E-state index contributed by atoms with van der Waals surface area (Å²) >= 11 is 0. The molecule has 1 atom stereocenters. The third-order valence-electron chi connectivity index (χ3n) is 5.65. The van der Waals surface area contributed by atoms with Crippen LogP contribution >= 0.6 is 0 Å². The number of hydrogen-bond donors (Lipinski definition) is 1. The summed E-state index contributed by atoms with van der Waals surface area (Å²) in [5.74, 6) is -0.926. The van der Waals surface area contributed by atoms with E-state index in [-0.39, 0.29) is 11.3 Å². The summed E-state index contributed by atoms with van der Waals surface area (Å²) < 4.78 is 6.81. The van der Waals surface area contributed by atoms with E-state index in [2.05, 4.69) is 10.3 Å². The molecule has 1 unspecified atom stereocenters. The summed E-state index contributed by atoms with van der Waals surface area (Å²) in [6, 6.07) is 18.3. The minimum atomic E-state index is -1.11. The number of hydrogen-bond acceptors (Lipinski definition) is 5. The Morgan fingerprint density at radius 1 is 0.941 bits per heavy atom. The molecule has 1 amide bonds. The number of anilines is 1. The number of esters is 1. The van der Waals surface area contributed by atoms with Gasteiger partial charge in [0.1, 0.15) is 11.5 Å². The van der Waals surface area contributed by atoms with E-state index in [1.165, 1.54) is 18.5 Å². The quantitative estimate of drug-likeness (QED) is 0.451. The number of nitrogens with zero attached hydrogens (tertiary/aromatic N) is 2. The summed E-state index contributed by atoms with van der Waals surface area (Å²) in [7, 11) is 1.53. The molecule has 7 nitrogen and oxygen atoms in total. The van der Waals surface area contributed by atoms with Gasteiger partial charge in [0.2, 0.25) is 0 Å². The number of nitrogens with one attached hydrogen (secondary N) is 1. The molecule has 0 aliphatic carbocycles. The SMILES string of the molecule is Cc1ccc(-c2c(C(=O)OC(C)C(=O)Nc3ccc(C)cn3)n(C)c(=O)c3ccccc23)cc1. The predicted octanol–water partition coefficient (Wildman–Crippen LogP) is 4.40. The Morgan fingerprint density at radius 2 is 1.59 bits per heavy atom. The van der Waals surface area contributed by atoms with Crippen LogP contribution in [0.2, 0.25) is 0 Å². The van der Waals surface area contributed by atoms with Gasteiger partial charge in [0.05, 0.1) is 0 Å². The van der Waals surface area contributed by atoms with Gasteiger partial charge in [0.25, 0.3) is 11.5 Å². The van der Waals surface area contributed by atoms with Crippen molar-refractivity contribution in [2.24, 2.45) is 7.05 Å². The Hall–Kier alpha value is -4.26. The first-order valence-electron chi connectivity index (χ1n) is 10.9. The van der Waals surface area contributed by atoms with Crippen molar-refractivity contribution in [3.8, 4) is 11.1 Å². The summed E-state index contributed by atoms with van der Waals surface area (Å²) in [4.78, 5) is 43.2. The Balaban J connectivity index is 1.73. The molecule has 2 aromatic heterocycles. The van der Waals surface area contributed by atoms with Crippen molar-refractivity contribution >= 4 is 28.5 Å². The van der Waals surface area contributed by atoms with Gasteiger partial charge in [-0.1, -0.05) is 54.1 Å². The first-order valence-corrected chi connectivity index (χ1v) is 10.9. The zero-order valence-corrected chi connectivity index (χ0v) is 19.5. The maximum atomic E-state index is 13.4. The van der Waals surface area contributed by atoms with E-state index < -0.39 is 18.0 Å². The standard InChI is InChI=1S/C27H25N3O4/c1-16-9-12-19(13-10-16)23-20-7-5-6-8-21(20)26(32)30(4)24(23)27(33)34-18(3)25(31)29-22-14-11-17(2)15-28-22/h5-15,18H,1-4H3,(H,28,29,31). The summed E-state index contributed by atoms with van der Waals surface area (Å²) in [6.45, 7) is 5.34. The van der Waals surface area contributed by atoms with Crippen molar-refractivity contribution < 1.29 is 14.3 Å². The van der Waals surface area contributed by atoms with Crippen molar-refractivity contribution in [3.05, 3.63) is 94.0 Å². The fourth-order valence-corrected chi connectivity index (χ4v) is 3.76. The van der Waals surface area contributed by atoms with Crippen molar-refractivity contribution in [1.82, 2.24) is 9.55 Å². The monoisotopic (exact) mass is 455 g/mol. The largest absolute Gasteiger partial charge is 0.448 e. The Morgan fingerprint density at radius 3 is 2.24 bits per heavy atom. The zero-order chi connectivity index (χ0) is 24.4. The summed E-state index contributed by atoms with van der Waals surface area (Å²) in [6.07, 6.45) is 0.522. The molecule has 0 bridgehead atoms. The molecule has 0 fully saturated rings. The van der Waals surface area contributed by atoms with Gasteiger partial charge in [-0.15, -0.1) is 0 Å². The number of rotatable bonds is 5. The van der Waals surface area contributed by atoms with Crippen molar-refractivity contribution in [1.29, 1.82) is 0 Å². The molecule has 0 saturated heterocycles. The van der Waals surface area contributed by atoms with Gasteiger partial charge in [0, 0.05) is 24.2 Å². The first-order chi connectivity index (χ1) is 16.3. The second-order valence-electron chi connectivity index (χ2n) is 8.26. The Labute approximate surface area is 197 Å². The van der Waals surface area contributed by atoms with Crippen LogP contribution in [-0.4, -0.2) is 27.5 Å². The van der Waals surface area contributed by atoms with Gasteiger partial charge in [-0.3, -0.25) is 9.59 Å². The number of fused-ring (bicyclic) bond motifs is 1. The lowest BCUT2D eigenvalue weighted by Crippen LogP contribution is -2.33. The molecule has 2 heterocycles. The smallest absolute Gasteiger partial charge is 0.356 e. The van der Waals surface area contributed by atoms with E-state index in [1.54, 1.807) is 24.4 Å². The number of pyridine rings is 2. The zero-order valence-electron chi connectivity index (χ0n) is 19.5. The number of aromatic nitrogens is 2. The molecule has 34 heavy (non-hydrogen) atoms. The molecular weight excluding hydrogens is 430 g/mol. The fourth-order valence-electron chi connectivity index (χ4n) is 3.76. The number of aryl methyl sites for hydroxylation is 2. The summed E-state index contributed by atoms with van der Waals surface area (Å²) in [5.41, 5.74) is 3.14. The molecule has 0 radical (unpaired) electrons. The highest BCUT2D eigenvalue weighted by Gasteiger charge is 2.26. The predicted molar refractivity (Wildman–Crippen MR) is 132 cm³/mol. The minimum absolute atomic E-state index is 0.0839. The average molecular weight is 456 g/mol. The normalized spacial score (nSPS) is 11.8. The molecule has 4 aromatic rings. The van der Waals surface area contributed by atoms with Crippen LogP contribution in [0.15, 0.2) is 71.7 Å². The van der Waals surface area contributed by atoms with Gasteiger partial charge in [-0.25, -0.2) is 9.78 Å². The van der Waals surface area contributed by atoms with Crippen molar-refractivity contribution in [3.63, 3.8) is 0 Å². The topological polar surface area (TPSA) is 90.3 Å². The average Bonchev–Trinajstić information content (AvgIpc) is 2.83.